The van der Waals surface area contributed by atoms with Crippen LogP contribution in [0.4, 0.5) is 0 Å². The molecule has 5 rings (SSSR count). The van der Waals surface area contributed by atoms with Gasteiger partial charge in [0.05, 0.1) is 23.1 Å². The van der Waals surface area contributed by atoms with Crippen molar-refractivity contribution in [3.63, 3.8) is 0 Å². The molecule has 0 aliphatic carbocycles. The number of carbonyl (C=O) groups excluding carboxylic acids is 1. The second-order valence-electron chi connectivity index (χ2n) is 7.61. The molecular formula is C23H20ClN5O3. The summed E-state index contributed by atoms with van der Waals surface area (Å²) >= 11 is 6.29. The lowest BCUT2D eigenvalue weighted by Gasteiger charge is -2.13. The maximum absolute atomic E-state index is 12.4. The van der Waals surface area contributed by atoms with Crippen molar-refractivity contribution in [3.05, 3.63) is 75.9 Å². The van der Waals surface area contributed by atoms with Gasteiger partial charge in [0.2, 0.25) is 5.91 Å². The lowest BCUT2D eigenvalue weighted by molar-refractivity contribution is -0.121. The van der Waals surface area contributed by atoms with Crippen LogP contribution >= 0.6 is 11.6 Å². The minimum absolute atomic E-state index is 0.147. The zero-order chi connectivity index (χ0) is 22.1. The van der Waals surface area contributed by atoms with Crippen LogP contribution in [0.15, 0.2) is 59.7 Å². The fraction of sp³-hybridized carbons (Fsp3) is 0.217. The number of hydrogen-bond donors (Lipinski definition) is 2. The third kappa shape index (κ3) is 3.97. The summed E-state index contributed by atoms with van der Waals surface area (Å²) in [6.07, 6.45) is 3.93. The Kier molecular flexibility index (Phi) is 5.36. The highest BCUT2D eigenvalue weighted by atomic mass is 35.5. The summed E-state index contributed by atoms with van der Waals surface area (Å²) in [6, 6.07) is 12.8. The molecule has 1 unspecified atom stereocenters. The molecule has 0 spiro atoms. The van der Waals surface area contributed by atoms with E-state index in [9.17, 15) is 9.59 Å². The Hall–Kier alpha value is -3.65. The summed E-state index contributed by atoms with van der Waals surface area (Å²) in [7, 11) is 0. The van der Waals surface area contributed by atoms with Crippen LogP contribution in [0, 0.1) is 0 Å². The van der Waals surface area contributed by atoms with Crippen molar-refractivity contribution in [1.29, 1.82) is 0 Å². The summed E-state index contributed by atoms with van der Waals surface area (Å²) in [6.45, 7) is 0.647. The van der Waals surface area contributed by atoms with E-state index in [1.165, 1.54) is 0 Å². The number of nitrogens with zero attached hydrogens (tertiary/aromatic N) is 3. The average Bonchev–Trinajstić information content (AvgIpc) is 3.35. The number of ether oxygens (including phenoxy) is 1. The van der Waals surface area contributed by atoms with E-state index in [1.807, 2.05) is 30.3 Å². The van der Waals surface area contributed by atoms with Crippen molar-refractivity contribution in [2.24, 2.45) is 0 Å². The van der Waals surface area contributed by atoms with Gasteiger partial charge in [-0.2, -0.15) is 0 Å². The van der Waals surface area contributed by atoms with Crippen LogP contribution in [-0.4, -0.2) is 38.1 Å². The van der Waals surface area contributed by atoms with E-state index in [-0.39, 0.29) is 24.1 Å². The standard InChI is InChI=1S/C23H20ClN5O3/c24-15-10-14-11-16(32-21(14)17(12-15)22-25-7-3-8-26-22)13-27-20(30)6-9-29-19-5-2-1-4-18(19)28-23(29)31/h1-5,7-8,10,12,16H,6,9,11,13H2,(H,27,30)(H,28,31). The minimum atomic E-state index is -0.221. The van der Waals surface area contributed by atoms with Crippen LogP contribution in [0.1, 0.15) is 12.0 Å². The quantitative estimate of drug-likeness (QED) is 0.471. The molecule has 1 aliphatic rings. The molecule has 162 valence electrons. The van der Waals surface area contributed by atoms with Crippen molar-refractivity contribution in [1.82, 2.24) is 24.8 Å². The van der Waals surface area contributed by atoms with Crippen molar-refractivity contribution >= 4 is 28.5 Å². The second kappa shape index (κ2) is 8.47. The third-order valence-corrected chi connectivity index (χ3v) is 5.66. The van der Waals surface area contributed by atoms with Gasteiger partial charge >= 0.3 is 5.69 Å². The summed E-state index contributed by atoms with van der Waals surface area (Å²) < 4.78 is 7.69. The first-order chi connectivity index (χ1) is 15.6. The van der Waals surface area contributed by atoms with Gasteiger partial charge in [0, 0.05) is 42.4 Å². The summed E-state index contributed by atoms with van der Waals surface area (Å²) in [5.74, 6) is 1.09. The SMILES string of the molecule is O=C(CCn1c(=O)[nH]c2ccccc21)NCC1Cc2cc(Cl)cc(-c3ncccn3)c2O1. The van der Waals surface area contributed by atoms with Crippen LogP contribution in [0.3, 0.4) is 0 Å². The van der Waals surface area contributed by atoms with Crippen LogP contribution in [0.2, 0.25) is 5.02 Å². The molecule has 2 aromatic carbocycles. The average molecular weight is 450 g/mol. The molecule has 0 radical (unpaired) electrons. The Morgan fingerprint density at radius 1 is 1.22 bits per heavy atom. The third-order valence-electron chi connectivity index (χ3n) is 5.44. The van der Waals surface area contributed by atoms with Gasteiger partial charge in [0.15, 0.2) is 5.82 Å². The molecule has 1 amide bonds. The first-order valence-corrected chi connectivity index (χ1v) is 10.7. The van der Waals surface area contributed by atoms with E-state index < -0.39 is 0 Å². The highest BCUT2D eigenvalue weighted by Crippen LogP contribution is 2.39. The van der Waals surface area contributed by atoms with Crippen molar-refractivity contribution in [3.8, 4) is 17.1 Å². The lowest BCUT2D eigenvalue weighted by atomic mass is 10.1. The number of aromatic amines is 1. The van der Waals surface area contributed by atoms with Gasteiger partial charge in [-0.15, -0.1) is 0 Å². The fourth-order valence-corrected chi connectivity index (χ4v) is 4.21. The highest BCUT2D eigenvalue weighted by Gasteiger charge is 2.27. The van der Waals surface area contributed by atoms with Gasteiger partial charge < -0.3 is 15.0 Å². The summed E-state index contributed by atoms with van der Waals surface area (Å²) in [5.41, 5.74) is 3.02. The molecule has 32 heavy (non-hydrogen) atoms. The lowest BCUT2D eigenvalue weighted by Crippen LogP contribution is -2.35. The fourth-order valence-electron chi connectivity index (χ4n) is 3.97. The number of aromatic nitrogens is 4. The Morgan fingerprint density at radius 3 is 2.88 bits per heavy atom. The zero-order valence-corrected chi connectivity index (χ0v) is 17.8. The van der Waals surface area contributed by atoms with Crippen molar-refractivity contribution in [2.45, 2.75) is 25.5 Å². The van der Waals surface area contributed by atoms with Crippen molar-refractivity contribution < 1.29 is 9.53 Å². The molecule has 0 saturated carbocycles. The van der Waals surface area contributed by atoms with Crippen LogP contribution < -0.4 is 15.7 Å². The summed E-state index contributed by atoms with van der Waals surface area (Å²) in [5, 5.41) is 3.50. The number of benzene rings is 2. The number of nitrogens with one attached hydrogen (secondary N) is 2. The molecule has 3 heterocycles. The molecule has 2 N–H and O–H groups in total. The van der Waals surface area contributed by atoms with E-state index in [2.05, 4.69) is 20.3 Å². The van der Waals surface area contributed by atoms with Crippen molar-refractivity contribution in [2.75, 3.05) is 6.54 Å². The molecule has 9 heteroatoms. The first kappa shape index (κ1) is 20.3. The topological polar surface area (TPSA) is 102 Å². The highest BCUT2D eigenvalue weighted by molar-refractivity contribution is 6.31. The zero-order valence-electron chi connectivity index (χ0n) is 17.0. The number of halogens is 1. The molecule has 1 atom stereocenters. The molecule has 2 aromatic heterocycles. The Bertz CT molecular complexity index is 1350. The summed E-state index contributed by atoms with van der Waals surface area (Å²) in [4.78, 5) is 36.0. The number of H-pyrrole nitrogens is 1. The number of rotatable bonds is 6. The Balaban J connectivity index is 1.21. The predicted molar refractivity (Wildman–Crippen MR) is 121 cm³/mol. The number of carbonyl (C=O) groups is 1. The number of amides is 1. The van der Waals surface area contributed by atoms with Gasteiger partial charge in [-0.1, -0.05) is 23.7 Å². The first-order valence-electron chi connectivity index (χ1n) is 10.3. The van der Waals surface area contributed by atoms with E-state index in [0.29, 0.717) is 36.1 Å². The number of fused-ring (bicyclic) bond motifs is 2. The number of imidazole rings is 1. The number of hydrogen-bond acceptors (Lipinski definition) is 5. The van der Waals surface area contributed by atoms with Gasteiger partial charge in [0.1, 0.15) is 11.9 Å². The van der Waals surface area contributed by atoms with Gasteiger partial charge in [0.25, 0.3) is 0 Å². The maximum Gasteiger partial charge on any atom is 0.326 e. The van der Waals surface area contributed by atoms with E-state index in [0.717, 1.165) is 22.2 Å². The second-order valence-corrected chi connectivity index (χ2v) is 8.05. The molecule has 8 nitrogen and oxygen atoms in total. The molecule has 0 saturated heterocycles. The Labute approximate surface area is 188 Å². The molecular weight excluding hydrogens is 430 g/mol. The molecule has 4 aromatic rings. The van der Waals surface area contributed by atoms with Crippen LogP contribution in [-0.2, 0) is 17.8 Å². The molecule has 1 aliphatic heterocycles. The van der Waals surface area contributed by atoms with E-state index >= 15 is 0 Å². The van der Waals surface area contributed by atoms with Gasteiger partial charge in [-0.3, -0.25) is 9.36 Å². The molecule has 0 bridgehead atoms. The van der Waals surface area contributed by atoms with Crippen LogP contribution in [0.5, 0.6) is 5.75 Å². The Morgan fingerprint density at radius 2 is 2.03 bits per heavy atom. The number of para-hydroxylation sites is 2. The van der Waals surface area contributed by atoms with E-state index in [4.69, 9.17) is 16.3 Å². The van der Waals surface area contributed by atoms with Gasteiger partial charge in [-0.05, 0) is 30.3 Å². The monoisotopic (exact) mass is 449 g/mol. The predicted octanol–water partition coefficient (Wildman–Crippen LogP) is 2.95. The smallest absolute Gasteiger partial charge is 0.326 e. The number of aryl methyl sites for hydroxylation is 1. The molecule has 0 fully saturated rings. The largest absolute Gasteiger partial charge is 0.487 e. The minimum Gasteiger partial charge on any atom is -0.487 e. The normalized spacial score (nSPS) is 14.8. The van der Waals surface area contributed by atoms with Crippen LogP contribution in [0.25, 0.3) is 22.4 Å². The maximum atomic E-state index is 12.4. The van der Waals surface area contributed by atoms with Gasteiger partial charge in [-0.25, -0.2) is 14.8 Å². The van der Waals surface area contributed by atoms with E-state index in [1.54, 1.807) is 29.1 Å².